The van der Waals surface area contributed by atoms with E-state index in [-0.39, 0.29) is 15.7 Å². The van der Waals surface area contributed by atoms with Crippen molar-refractivity contribution in [2.24, 2.45) is 0 Å². The van der Waals surface area contributed by atoms with Gasteiger partial charge in [0.05, 0.1) is 11.6 Å². The molecule has 0 heterocycles. The van der Waals surface area contributed by atoms with Crippen LogP contribution >= 0.6 is 11.6 Å². The van der Waals surface area contributed by atoms with Crippen LogP contribution in [0.1, 0.15) is 13.3 Å². The topological polar surface area (TPSA) is 52.6 Å². The Morgan fingerprint density at radius 1 is 0.880 bits per heavy atom. The molecular weight excluding hydrogens is 360 g/mol. The van der Waals surface area contributed by atoms with Crippen molar-refractivity contribution in [3.8, 4) is 11.5 Å². The summed E-state index contributed by atoms with van der Waals surface area (Å²) >= 11 is 6.01. The average molecular weight is 377 g/mol. The van der Waals surface area contributed by atoms with Crippen LogP contribution in [0.2, 0.25) is 5.02 Å². The van der Waals surface area contributed by atoms with E-state index in [2.05, 4.69) is 0 Å². The van der Waals surface area contributed by atoms with Crippen molar-refractivity contribution in [1.82, 2.24) is 0 Å². The van der Waals surface area contributed by atoms with Crippen molar-refractivity contribution in [2.75, 3.05) is 6.61 Å². The maximum absolute atomic E-state index is 12.8. The molecule has 0 aliphatic carbocycles. The van der Waals surface area contributed by atoms with E-state index in [9.17, 15) is 8.42 Å². The average Bonchev–Trinajstić information content (AvgIpc) is 2.61. The normalized spacial score (nSPS) is 11.4. The number of ether oxygens (including phenoxy) is 1. The summed E-state index contributed by atoms with van der Waals surface area (Å²) in [4.78, 5) is 0.0758. The van der Waals surface area contributed by atoms with Crippen LogP contribution in [0.4, 0.5) is 0 Å². The predicted octanol–water partition coefficient (Wildman–Crippen LogP) is 5.05. The summed E-state index contributed by atoms with van der Waals surface area (Å²) in [5, 5.41) is 1.50. The monoisotopic (exact) mass is 376 g/mol. The summed E-state index contributed by atoms with van der Waals surface area (Å²) in [5.41, 5.74) is 0. The first-order chi connectivity index (χ1) is 12.0. The number of hydrogen-bond donors (Lipinski definition) is 0. The Morgan fingerprint density at radius 3 is 2.28 bits per heavy atom. The number of hydrogen-bond acceptors (Lipinski definition) is 4. The van der Waals surface area contributed by atoms with Crippen LogP contribution < -0.4 is 8.92 Å². The SMILES string of the molecule is CCCOc1ccc(S(=O)(=O)Oc2ccccc2Cl)c2ccccc12. The van der Waals surface area contributed by atoms with Gasteiger partial charge in [-0.1, -0.05) is 54.9 Å². The Morgan fingerprint density at radius 2 is 1.56 bits per heavy atom. The molecule has 130 valence electrons. The van der Waals surface area contributed by atoms with Crippen molar-refractivity contribution in [1.29, 1.82) is 0 Å². The van der Waals surface area contributed by atoms with Crippen LogP contribution in [0.5, 0.6) is 11.5 Å². The lowest BCUT2D eigenvalue weighted by Gasteiger charge is -2.13. The highest BCUT2D eigenvalue weighted by Crippen LogP contribution is 2.33. The molecular formula is C19H17ClO4S. The maximum atomic E-state index is 12.8. The highest BCUT2D eigenvalue weighted by molar-refractivity contribution is 7.87. The van der Waals surface area contributed by atoms with Gasteiger partial charge < -0.3 is 8.92 Å². The largest absolute Gasteiger partial charge is 0.493 e. The summed E-state index contributed by atoms with van der Waals surface area (Å²) in [7, 11) is -4.04. The second kappa shape index (κ2) is 7.33. The van der Waals surface area contributed by atoms with E-state index in [0.29, 0.717) is 17.7 Å². The lowest BCUT2D eigenvalue weighted by molar-refractivity contribution is 0.321. The van der Waals surface area contributed by atoms with Crippen LogP contribution in [-0.2, 0) is 10.1 Å². The molecule has 3 aromatic carbocycles. The third kappa shape index (κ3) is 3.72. The van der Waals surface area contributed by atoms with Gasteiger partial charge in [0.25, 0.3) is 0 Å². The molecule has 0 bridgehead atoms. The summed E-state index contributed by atoms with van der Waals surface area (Å²) in [6.45, 7) is 2.57. The number of rotatable bonds is 6. The van der Waals surface area contributed by atoms with E-state index in [1.165, 1.54) is 12.1 Å². The van der Waals surface area contributed by atoms with Crippen molar-refractivity contribution in [3.05, 3.63) is 65.7 Å². The lowest BCUT2D eigenvalue weighted by atomic mass is 10.1. The molecule has 6 heteroatoms. The minimum absolute atomic E-state index is 0.0758. The van der Waals surface area contributed by atoms with Crippen LogP contribution in [0.3, 0.4) is 0 Å². The van der Waals surface area contributed by atoms with Crippen LogP contribution in [0.15, 0.2) is 65.6 Å². The third-order valence-corrected chi connectivity index (χ3v) is 5.22. The van der Waals surface area contributed by atoms with Gasteiger partial charge in [-0.25, -0.2) is 0 Å². The fourth-order valence-electron chi connectivity index (χ4n) is 2.48. The van der Waals surface area contributed by atoms with Crippen LogP contribution in [-0.4, -0.2) is 15.0 Å². The fourth-order valence-corrected chi connectivity index (χ4v) is 3.85. The van der Waals surface area contributed by atoms with E-state index in [4.69, 9.17) is 20.5 Å². The standard InChI is InChI=1S/C19H17ClO4S/c1-2-13-23-17-11-12-19(15-8-4-3-7-14(15)17)25(21,22)24-18-10-6-5-9-16(18)20/h3-12H,2,13H2,1H3. The molecule has 0 unspecified atom stereocenters. The van der Waals surface area contributed by atoms with Crippen LogP contribution in [0, 0.1) is 0 Å². The first-order valence-corrected chi connectivity index (χ1v) is 9.65. The highest BCUT2D eigenvalue weighted by atomic mass is 35.5. The minimum Gasteiger partial charge on any atom is -0.493 e. The molecule has 0 saturated carbocycles. The summed E-state index contributed by atoms with van der Waals surface area (Å²) in [6.07, 6.45) is 0.865. The van der Waals surface area contributed by atoms with E-state index >= 15 is 0 Å². The Bertz CT molecular complexity index is 999. The van der Waals surface area contributed by atoms with E-state index in [0.717, 1.165) is 11.8 Å². The molecule has 4 nitrogen and oxygen atoms in total. The van der Waals surface area contributed by atoms with Gasteiger partial charge in [0.1, 0.15) is 10.6 Å². The maximum Gasteiger partial charge on any atom is 0.339 e. The second-order valence-electron chi connectivity index (χ2n) is 5.42. The first-order valence-electron chi connectivity index (χ1n) is 7.86. The van der Waals surface area contributed by atoms with Crippen molar-refractivity contribution < 1.29 is 17.3 Å². The van der Waals surface area contributed by atoms with Crippen LogP contribution in [0.25, 0.3) is 10.8 Å². The molecule has 0 radical (unpaired) electrons. The van der Waals surface area contributed by atoms with Crippen molar-refractivity contribution in [2.45, 2.75) is 18.2 Å². The zero-order valence-corrected chi connectivity index (χ0v) is 15.2. The minimum atomic E-state index is -4.04. The molecule has 0 fully saturated rings. The van der Waals surface area contributed by atoms with E-state index < -0.39 is 10.1 Å². The molecule has 3 rings (SSSR count). The highest BCUT2D eigenvalue weighted by Gasteiger charge is 2.22. The van der Waals surface area contributed by atoms with E-state index in [1.54, 1.807) is 36.4 Å². The summed E-state index contributed by atoms with van der Waals surface area (Å²) < 4.78 is 36.5. The van der Waals surface area contributed by atoms with Crippen molar-refractivity contribution >= 4 is 32.5 Å². The lowest BCUT2D eigenvalue weighted by Crippen LogP contribution is -2.11. The molecule has 25 heavy (non-hydrogen) atoms. The number of benzene rings is 3. The van der Waals surface area contributed by atoms with Gasteiger partial charge in [-0.05, 0) is 30.7 Å². The summed E-state index contributed by atoms with van der Waals surface area (Å²) in [6, 6.07) is 16.8. The van der Waals surface area contributed by atoms with Gasteiger partial charge in [0, 0.05) is 10.8 Å². The first kappa shape index (κ1) is 17.6. The Hall–Kier alpha value is -2.24. The number of para-hydroxylation sites is 1. The third-order valence-electron chi connectivity index (χ3n) is 3.61. The molecule has 0 saturated heterocycles. The second-order valence-corrected chi connectivity index (χ2v) is 7.35. The van der Waals surface area contributed by atoms with E-state index in [1.807, 2.05) is 19.1 Å². The van der Waals surface area contributed by atoms with Gasteiger partial charge in [-0.3, -0.25) is 0 Å². The Kier molecular flexibility index (Phi) is 5.16. The molecule has 3 aromatic rings. The molecule has 0 amide bonds. The fraction of sp³-hybridized carbons (Fsp3) is 0.158. The van der Waals surface area contributed by atoms with Gasteiger partial charge in [-0.2, -0.15) is 8.42 Å². The Balaban J connectivity index is 2.08. The number of halogens is 1. The molecule has 0 aromatic heterocycles. The molecule has 0 atom stereocenters. The number of fused-ring (bicyclic) bond motifs is 1. The van der Waals surface area contributed by atoms with Gasteiger partial charge >= 0.3 is 10.1 Å². The molecule has 0 aliphatic heterocycles. The quantitative estimate of drug-likeness (QED) is 0.565. The molecule has 0 aliphatic rings. The Labute approximate surface area is 152 Å². The molecule has 0 N–H and O–H groups in total. The van der Waals surface area contributed by atoms with Gasteiger partial charge in [-0.15, -0.1) is 0 Å². The van der Waals surface area contributed by atoms with Gasteiger partial charge in [0.2, 0.25) is 0 Å². The van der Waals surface area contributed by atoms with Crippen molar-refractivity contribution in [3.63, 3.8) is 0 Å². The molecule has 0 spiro atoms. The van der Waals surface area contributed by atoms with Gasteiger partial charge in [0.15, 0.2) is 5.75 Å². The summed E-state index contributed by atoms with van der Waals surface area (Å²) in [5.74, 6) is 0.744. The predicted molar refractivity (Wildman–Crippen MR) is 99.0 cm³/mol. The smallest absolute Gasteiger partial charge is 0.339 e. The zero-order valence-electron chi connectivity index (χ0n) is 13.6. The zero-order chi connectivity index (χ0) is 17.9.